The molecule has 0 radical (unpaired) electrons. The second-order valence-corrected chi connectivity index (χ2v) is 9.20. The average molecular weight is 456 g/mol. The van der Waals surface area contributed by atoms with E-state index in [4.69, 9.17) is 4.74 Å². The maximum absolute atomic E-state index is 14.4. The minimum absolute atomic E-state index is 0.114. The molecule has 166 valence electrons. The molecule has 3 aromatic rings. The van der Waals surface area contributed by atoms with E-state index in [0.29, 0.717) is 25.2 Å². The zero-order valence-electron chi connectivity index (χ0n) is 17.9. The van der Waals surface area contributed by atoms with Gasteiger partial charge in [0.05, 0.1) is 36.9 Å². The lowest BCUT2D eigenvalue weighted by Gasteiger charge is -2.40. The lowest BCUT2D eigenvalue weighted by Crippen LogP contribution is -2.58. The Morgan fingerprint density at radius 3 is 2.72 bits per heavy atom. The zero-order chi connectivity index (χ0) is 22.4. The van der Waals surface area contributed by atoms with E-state index in [2.05, 4.69) is 20.2 Å². The van der Waals surface area contributed by atoms with E-state index in [1.165, 1.54) is 5.01 Å². The van der Waals surface area contributed by atoms with Gasteiger partial charge in [-0.05, 0) is 19.4 Å². The molecule has 11 heteroatoms. The van der Waals surface area contributed by atoms with Gasteiger partial charge in [0.2, 0.25) is 0 Å². The fourth-order valence-corrected chi connectivity index (χ4v) is 4.75. The second kappa shape index (κ2) is 7.97. The Bertz CT molecular complexity index is 1180. The van der Waals surface area contributed by atoms with Crippen molar-refractivity contribution in [2.45, 2.75) is 32.4 Å². The molecule has 0 N–H and O–H groups in total. The highest BCUT2D eigenvalue weighted by molar-refractivity contribution is 7.11. The summed E-state index contributed by atoms with van der Waals surface area (Å²) in [5.74, 6) is -0.426. The van der Waals surface area contributed by atoms with Crippen molar-refractivity contribution in [2.75, 3.05) is 13.1 Å². The van der Waals surface area contributed by atoms with Crippen molar-refractivity contribution in [1.82, 2.24) is 29.7 Å². The number of hydrogen-bond acceptors (Lipinski definition) is 7. The van der Waals surface area contributed by atoms with Crippen LogP contribution < -0.4 is 4.74 Å². The lowest BCUT2D eigenvalue weighted by molar-refractivity contribution is 0.0257. The Morgan fingerprint density at radius 2 is 2.03 bits per heavy atom. The highest BCUT2D eigenvalue weighted by atomic mass is 32.1. The molecule has 32 heavy (non-hydrogen) atoms. The van der Waals surface area contributed by atoms with Gasteiger partial charge in [-0.1, -0.05) is 0 Å². The molecular formula is C21H22FN7O2S. The van der Waals surface area contributed by atoms with Crippen molar-refractivity contribution in [3.63, 3.8) is 0 Å². The predicted molar refractivity (Wildman–Crippen MR) is 117 cm³/mol. The van der Waals surface area contributed by atoms with Crippen molar-refractivity contribution in [2.24, 2.45) is 12.1 Å². The van der Waals surface area contributed by atoms with Crippen LogP contribution in [0, 0.1) is 19.7 Å². The summed E-state index contributed by atoms with van der Waals surface area (Å²) in [5.41, 5.74) is 2.32. The molecule has 1 atom stereocenters. The van der Waals surface area contributed by atoms with E-state index >= 15 is 0 Å². The Kier molecular flexibility index (Phi) is 5.12. The van der Waals surface area contributed by atoms with E-state index in [1.807, 2.05) is 20.9 Å². The van der Waals surface area contributed by atoms with Gasteiger partial charge >= 0.3 is 6.03 Å². The predicted octanol–water partition coefficient (Wildman–Crippen LogP) is 3.31. The molecular weight excluding hydrogens is 433 g/mol. The van der Waals surface area contributed by atoms with Gasteiger partial charge in [-0.25, -0.2) is 19.2 Å². The van der Waals surface area contributed by atoms with Gasteiger partial charge < -0.3 is 9.64 Å². The van der Waals surface area contributed by atoms with E-state index in [0.717, 1.165) is 27.3 Å². The summed E-state index contributed by atoms with van der Waals surface area (Å²) in [4.78, 5) is 24.3. The number of aryl methyl sites for hydroxylation is 3. The third kappa shape index (κ3) is 3.62. The molecule has 0 bridgehead atoms. The fourth-order valence-electron chi connectivity index (χ4n) is 3.88. The number of hydrazone groups is 1. The Hall–Kier alpha value is -3.34. The summed E-state index contributed by atoms with van der Waals surface area (Å²) in [7, 11) is 1.81. The highest BCUT2D eigenvalue weighted by Crippen LogP contribution is 2.33. The number of urea groups is 1. The van der Waals surface area contributed by atoms with Gasteiger partial charge in [-0.3, -0.25) is 9.67 Å². The van der Waals surface area contributed by atoms with Crippen LogP contribution in [-0.2, 0) is 7.05 Å². The third-order valence-electron chi connectivity index (χ3n) is 5.55. The summed E-state index contributed by atoms with van der Waals surface area (Å²) in [5, 5.41) is 10.8. The minimum atomic E-state index is -0.540. The first-order valence-corrected chi connectivity index (χ1v) is 11.1. The molecule has 2 aliphatic heterocycles. The Labute approximate surface area is 188 Å². The highest BCUT2D eigenvalue weighted by Gasteiger charge is 2.40. The standard InChI is InChI=1S/C21H22FN7O2S/c1-12-7-26-27(3)19(12)16-6-18(15(22)9-23-16)31-14-10-28(11-14)21(30)29-17(4-5-25-29)20-24-8-13(2)32-20/h5-9,14,17H,4,10-11H2,1-3H3/t17-/m1/s1. The molecule has 0 saturated carbocycles. The van der Waals surface area contributed by atoms with E-state index in [-0.39, 0.29) is 23.9 Å². The van der Waals surface area contributed by atoms with Crippen molar-refractivity contribution in [3.05, 3.63) is 45.9 Å². The first-order valence-electron chi connectivity index (χ1n) is 10.2. The van der Waals surface area contributed by atoms with Crippen molar-refractivity contribution < 1.29 is 13.9 Å². The number of carbonyl (C=O) groups excluding carboxylic acids is 1. The molecule has 0 unspecified atom stereocenters. The summed E-state index contributed by atoms with van der Waals surface area (Å²) in [6.45, 7) is 4.62. The molecule has 1 saturated heterocycles. The Morgan fingerprint density at radius 1 is 1.22 bits per heavy atom. The van der Waals surface area contributed by atoms with Crippen molar-refractivity contribution in [3.8, 4) is 17.1 Å². The number of aromatic nitrogens is 4. The largest absolute Gasteiger partial charge is 0.483 e. The maximum Gasteiger partial charge on any atom is 0.341 e. The molecule has 0 aromatic carbocycles. The van der Waals surface area contributed by atoms with Crippen LogP contribution in [0.3, 0.4) is 0 Å². The molecule has 3 aromatic heterocycles. The van der Waals surface area contributed by atoms with Crippen LogP contribution in [0.2, 0.25) is 0 Å². The van der Waals surface area contributed by atoms with Crippen molar-refractivity contribution >= 4 is 23.6 Å². The molecule has 9 nitrogen and oxygen atoms in total. The van der Waals surface area contributed by atoms with Crippen LogP contribution >= 0.6 is 11.3 Å². The molecule has 2 amide bonds. The number of carbonyl (C=O) groups is 1. The average Bonchev–Trinajstić information content (AvgIpc) is 3.46. The first kappa shape index (κ1) is 20.6. The maximum atomic E-state index is 14.4. The van der Waals surface area contributed by atoms with Gasteiger partial charge in [0.15, 0.2) is 11.6 Å². The smallest absolute Gasteiger partial charge is 0.341 e. The second-order valence-electron chi connectivity index (χ2n) is 7.93. The van der Waals surface area contributed by atoms with Gasteiger partial charge in [-0.2, -0.15) is 10.2 Å². The number of rotatable bonds is 4. The third-order valence-corrected chi connectivity index (χ3v) is 6.56. The molecule has 5 heterocycles. The number of ether oxygens (including phenoxy) is 1. The number of likely N-dealkylation sites (tertiary alicyclic amines) is 1. The zero-order valence-corrected chi connectivity index (χ0v) is 18.7. The van der Waals surface area contributed by atoms with Gasteiger partial charge in [0.1, 0.15) is 17.2 Å². The number of pyridine rings is 1. The van der Waals surface area contributed by atoms with Gasteiger partial charge in [-0.15, -0.1) is 11.3 Å². The van der Waals surface area contributed by atoms with Crippen LogP contribution in [0.4, 0.5) is 9.18 Å². The van der Waals surface area contributed by atoms with Crippen LogP contribution in [0.15, 0.2) is 29.8 Å². The number of amides is 2. The van der Waals surface area contributed by atoms with Crippen LogP contribution in [0.25, 0.3) is 11.4 Å². The first-order chi connectivity index (χ1) is 15.4. The summed E-state index contributed by atoms with van der Waals surface area (Å²) in [6, 6.07) is 1.21. The fraction of sp³-hybridized carbons (Fsp3) is 0.381. The Balaban J connectivity index is 1.24. The summed E-state index contributed by atoms with van der Waals surface area (Å²) >= 11 is 1.57. The van der Waals surface area contributed by atoms with Crippen LogP contribution in [0.1, 0.15) is 27.9 Å². The van der Waals surface area contributed by atoms with Crippen LogP contribution in [0.5, 0.6) is 5.75 Å². The monoisotopic (exact) mass is 455 g/mol. The molecule has 0 spiro atoms. The number of thiazole rings is 1. The molecule has 1 fully saturated rings. The van der Waals surface area contributed by atoms with Crippen molar-refractivity contribution in [1.29, 1.82) is 0 Å². The lowest BCUT2D eigenvalue weighted by atomic mass is 10.1. The molecule has 0 aliphatic carbocycles. The van der Waals surface area contributed by atoms with Gasteiger partial charge in [0, 0.05) is 36.8 Å². The molecule has 2 aliphatic rings. The van der Waals surface area contributed by atoms with Crippen LogP contribution in [-0.4, -0.2) is 61.1 Å². The SMILES string of the molecule is Cc1cnc([C@H]2CC=NN2C(=O)N2CC(Oc3cc(-c4c(C)cnn4C)ncc3F)C2)s1. The van der Waals surface area contributed by atoms with E-state index in [9.17, 15) is 9.18 Å². The number of hydrogen-bond donors (Lipinski definition) is 0. The quantitative estimate of drug-likeness (QED) is 0.602. The van der Waals surface area contributed by atoms with E-state index in [1.54, 1.807) is 45.6 Å². The molecule has 5 rings (SSSR count). The van der Waals surface area contributed by atoms with E-state index < -0.39 is 5.82 Å². The normalized spacial score (nSPS) is 18.3. The summed E-state index contributed by atoms with van der Waals surface area (Å²) < 4.78 is 21.9. The minimum Gasteiger partial charge on any atom is -0.483 e. The summed E-state index contributed by atoms with van der Waals surface area (Å²) in [6.07, 6.45) is 6.77. The number of halogens is 1. The van der Waals surface area contributed by atoms with Gasteiger partial charge in [0.25, 0.3) is 0 Å². The number of nitrogens with zero attached hydrogens (tertiary/aromatic N) is 7. The topological polar surface area (TPSA) is 88.7 Å².